The lowest BCUT2D eigenvalue weighted by molar-refractivity contribution is -0.689. The molecule has 0 saturated carbocycles. The molecule has 17 nitrogen and oxygen atoms in total. The molecule has 1 saturated heterocycles. The lowest BCUT2D eigenvalue weighted by atomic mass is 9.77. The molecule has 6 N–H and O–H groups in total. The molecule has 0 spiro atoms. The van der Waals surface area contributed by atoms with Gasteiger partial charge in [-0.2, -0.15) is 0 Å². The largest absolute Gasteiger partial charge is 0.497 e. The maximum absolute atomic E-state index is 14.8. The third kappa shape index (κ3) is 11.0. The number of thiazole rings is 1. The fraction of sp³-hybridized carbons (Fsp3) is 0.309. The summed E-state index contributed by atoms with van der Waals surface area (Å²) < 4.78 is 18.4. The van der Waals surface area contributed by atoms with Gasteiger partial charge in [0.1, 0.15) is 52.0 Å². The summed E-state index contributed by atoms with van der Waals surface area (Å²) in [5.41, 5.74) is 8.72. The van der Waals surface area contributed by atoms with Gasteiger partial charge in [0.25, 0.3) is 11.8 Å². The SMILES string of the molecule is COc1ccc(COC(=O)C2=C(CSc3nc(N)c4c([n+]3N)CCC4)CSC3C(NC(=O)/C(=N\OC(C)(C)C(=O)OC(C)(C)C)c4csc(NC(c5ccccc5)(c5ccccc5)c5ccccc5)n4)C(=O)N23)cc1. The first kappa shape index (κ1) is 52.4. The number of hydrogen-bond donors (Lipinski definition) is 4. The van der Waals surface area contributed by atoms with Crippen LogP contribution in [0.3, 0.4) is 0 Å². The number of carbonyl (C=O) groups is 4. The lowest BCUT2D eigenvalue weighted by Gasteiger charge is -2.49. The van der Waals surface area contributed by atoms with Crippen molar-refractivity contribution in [3.63, 3.8) is 0 Å². The fourth-order valence-electron chi connectivity index (χ4n) is 8.98. The minimum absolute atomic E-state index is 0.0678. The number of methoxy groups -OCH3 is 1. The van der Waals surface area contributed by atoms with Crippen molar-refractivity contribution in [3.8, 4) is 5.75 Å². The van der Waals surface area contributed by atoms with Crippen molar-refractivity contribution in [2.75, 3.05) is 35.5 Å². The first-order valence-corrected chi connectivity index (χ1v) is 27.2. The standard InChI is InChI=1S/C55H57N9O8S3/c1-53(2,3)71-50(68)54(4,5)72-62-42(40-32-74-51(58-40)61-55(35-17-10-7-11-18-35,36-19-12-8-13-20-36)37-21-14-9-15-22-37)46(65)59-43-47(66)63-44(49(67)70-29-33-25-27-38(69-6)28-26-33)34(30-73-48(43)63)31-75-52-60-45(56)39-23-16-24-41(39)64(52)57/h7-15,17-22,25-28,32,43,48,56H,16,23-24,29-31,57H2,1-6H3,(H2,58,59,61,65)/p+1/b62-42-. The van der Waals surface area contributed by atoms with Crippen molar-refractivity contribution in [2.45, 2.75) is 93.8 Å². The van der Waals surface area contributed by atoms with Crippen LogP contribution in [0.4, 0.5) is 10.9 Å². The van der Waals surface area contributed by atoms with Crippen LogP contribution in [0.15, 0.2) is 142 Å². The number of rotatable bonds is 18. The molecule has 20 heteroatoms. The molecule has 6 aromatic rings. The summed E-state index contributed by atoms with van der Waals surface area (Å²) in [6.45, 7) is 8.08. The van der Waals surface area contributed by atoms with Gasteiger partial charge in [-0.15, -0.1) is 27.8 Å². The summed E-state index contributed by atoms with van der Waals surface area (Å²) in [5, 5.41) is 12.7. The number of aromatic nitrogens is 3. The molecule has 75 heavy (non-hydrogen) atoms. The molecule has 9 rings (SSSR count). The monoisotopic (exact) mass is 1070 g/mol. The number of hydrogen-bond acceptors (Lipinski definition) is 17. The Labute approximate surface area is 447 Å². The van der Waals surface area contributed by atoms with E-state index in [0.29, 0.717) is 38.7 Å². The smallest absolute Gasteiger partial charge is 0.385 e. The summed E-state index contributed by atoms with van der Waals surface area (Å²) >= 11 is 3.91. The van der Waals surface area contributed by atoms with Gasteiger partial charge < -0.3 is 35.4 Å². The first-order valence-electron chi connectivity index (χ1n) is 24.3. The van der Waals surface area contributed by atoms with E-state index in [1.54, 1.807) is 62.2 Å². The minimum atomic E-state index is -1.66. The number of thioether (sulfide) groups is 2. The van der Waals surface area contributed by atoms with E-state index >= 15 is 0 Å². The van der Waals surface area contributed by atoms with E-state index in [-0.39, 0.29) is 29.5 Å². The van der Waals surface area contributed by atoms with Gasteiger partial charge >= 0.3 is 17.1 Å². The molecule has 2 atom stereocenters. The van der Waals surface area contributed by atoms with E-state index in [1.807, 2.05) is 91.0 Å². The average Bonchev–Trinajstić information content (AvgIpc) is 4.11. The van der Waals surface area contributed by atoms with E-state index in [9.17, 15) is 19.2 Å². The number of nitrogens with two attached hydrogens (primary N) is 2. The summed E-state index contributed by atoms with van der Waals surface area (Å²) in [6.07, 6.45) is 2.48. The van der Waals surface area contributed by atoms with Crippen LogP contribution in [-0.4, -0.2) is 85.6 Å². The van der Waals surface area contributed by atoms with Gasteiger partial charge in [0.15, 0.2) is 10.8 Å². The van der Waals surface area contributed by atoms with Crippen molar-refractivity contribution < 1.29 is 42.9 Å². The predicted octanol–water partition coefficient (Wildman–Crippen LogP) is 7.05. The second-order valence-electron chi connectivity index (χ2n) is 19.5. The molecule has 4 heterocycles. The zero-order valence-electron chi connectivity index (χ0n) is 42.3. The number of β-lactam (4-membered cyclic amide) rings is 1. The predicted molar refractivity (Wildman–Crippen MR) is 289 cm³/mol. The second kappa shape index (κ2) is 21.8. The fourth-order valence-corrected chi connectivity index (χ4v) is 12.2. The molecule has 2 aliphatic heterocycles. The van der Waals surface area contributed by atoms with E-state index in [4.69, 9.17) is 35.6 Å². The number of nitrogen functional groups attached to an aromatic ring is 2. The van der Waals surface area contributed by atoms with Crippen molar-refractivity contribution in [2.24, 2.45) is 5.16 Å². The van der Waals surface area contributed by atoms with Crippen LogP contribution in [0.5, 0.6) is 5.75 Å². The topological polar surface area (TPSA) is 227 Å². The van der Waals surface area contributed by atoms with Gasteiger partial charge in [-0.3, -0.25) is 20.3 Å². The Bertz CT molecular complexity index is 3070. The molecule has 2 unspecified atom stereocenters. The van der Waals surface area contributed by atoms with Gasteiger partial charge in [-0.05, 0) is 104 Å². The molecular weight excluding hydrogens is 1010 g/mol. The summed E-state index contributed by atoms with van der Waals surface area (Å²) in [7, 11) is 1.56. The molecule has 2 amide bonds. The van der Waals surface area contributed by atoms with E-state index in [0.717, 1.165) is 47.2 Å². The number of esters is 2. The average molecular weight is 1070 g/mol. The van der Waals surface area contributed by atoms with Gasteiger partial charge in [0.2, 0.25) is 11.4 Å². The van der Waals surface area contributed by atoms with Crippen LogP contribution < -0.4 is 31.6 Å². The number of amides is 2. The highest BCUT2D eigenvalue weighted by molar-refractivity contribution is 8.01. The minimum Gasteiger partial charge on any atom is -0.497 e. The Kier molecular flexibility index (Phi) is 15.3. The lowest BCUT2D eigenvalue weighted by Crippen LogP contribution is -2.71. The number of ether oxygens (including phenoxy) is 3. The molecule has 4 aromatic carbocycles. The Morgan fingerprint density at radius 2 is 1.51 bits per heavy atom. The van der Waals surface area contributed by atoms with Crippen LogP contribution in [0.2, 0.25) is 0 Å². The normalized spacial score (nSPS) is 16.6. The third-order valence-corrected chi connectivity index (χ3v) is 15.9. The van der Waals surface area contributed by atoms with E-state index < -0.39 is 51.9 Å². The quantitative estimate of drug-likeness (QED) is 0.00778. The molecule has 1 aliphatic carbocycles. The molecule has 1 fully saturated rings. The van der Waals surface area contributed by atoms with Gasteiger partial charge in [0.05, 0.1) is 12.7 Å². The van der Waals surface area contributed by atoms with Crippen LogP contribution >= 0.6 is 34.9 Å². The Morgan fingerprint density at radius 3 is 2.11 bits per heavy atom. The highest BCUT2D eigenvalue weighted by atomic mass is 32.2. The molecule has 0 radical (unpaired) electrons. The van der Waals surface area contributed by atoms with E-state index in [1.165, 1.54) is 53.6 Å². The maximum atomic E-state index is 14.8. The number of anilines is 2. The molecule has 388 valence electrons. The number of fused-ring (bicyclic) bond motifs is 2. The number of nitrogens with zero attached hydrogens (tertiary/aromatic N) is 5. The summed E-state index contributed by atoms with van der Waals surface area (Å²) in [5.74, 6) is 5.34. The molecular formula is C55H58N9O8S3+. The summed E-state index contributed by atoms with van der Waals surface area (Å²) in [6, 6.07) is 35.9. The van der Waals surface area contributed by atoms with Crippen LogP contribution in [-0.2, 0) is 58.5 Å². The Hall–Kier alpha value is -7.42. The Morgan fingerprint density at radius 1 is 0.880 bits per heavy atom. The number of nitrogens with one attached hydrogen (secondary N) is 2. The third-order valence-electron chi connectivity index (χ3n) is 12.8. The first-order chi connectivity index (χ1) is 36.0. The van der Waals surface area contributed by atoms with Crippen LogP contribution in [0, 0.1) is 0 Å². The van der Waals surface area contributed by atoms with E-state index in [2.05, 4.69) is 20.8 Å². The van der Waals surface area contributed by atoms with Crippen LogP contribution in [0.25, 0.3) is 0 Å². The highest BCUT2D eigenvalue weighted by Gasteiger charge is 2.55. The number of benzene rings is 4. The van der Waals surface area contributed by atoms with Gasteiger partial charge in [0, 0.05) is 23.3 Å². The summed E-state index contributed by atoms with van der Waals surface area (Å²) in [4.78, 5) is 73.8. The molecule has 2 aromatic heterocycles. The zero-order chi connectivity index (χ0) is 53.1. The van der Waals surface area contributed by atoms with Gasteiger partial charge in [-0.25, -0.2) is 14.6 Å². The zero-order valence-corrected chi connectivity index (χ0v) is 44.8. The Balaban J connectivity index is 1.02. The van der Waals surface area contributed by atoms with Gasteiger partial charge in [-0.1, -0.05) is 108 Å². The highest BCUT2D eigenvalue weighted by Crippen LogP contribution is 2.43. The molecule has 0 bridgehead atoms. The van der Waals surface area contributed by atoms with Crippen molar-refractivity contribution in [1.29, 1.82) is 0 Å². The number of oxime groups is 1. The second-order valence-corrected chi connectivity index (χ2v) is 22.4. The number of carbonyl (C=O) groups excluding carboxylic acids is 4. The van der Waals surface area contributed by atoms with Crippen LogP contribution in [0.1, 0.15) is 80.2 Å². The van der Waals surface area contributed by atoms with Crippen molar-refractivity contribution in [3.05, 3.63) is 171 Å². The van der Waals surface area contributed by atoms with Crippen molar-refractivity contribution >= 4 is 75.3 Å². The maximum Gasteiger partial charge on any atom is 0.385 e. The van der Waals surface area contributed by atoms with Crippen molar-refractivity contribution in [1.82, 2.24) is 20.2 Å². The molecule has 3 aliphatic rings.